The fraction of sp³-hybridized carbons (Fsp3) is 0.300. The molecule has 1 N–H and O–H groups in total. The number of carbonyl (C=O) groups is 1. The van der Waals surface area contributed by atoms with E-state index in [0.717, 1.165) is 23.1 Å². The summed E-state index contributed by atoms with van der Waals surface area (Å²) in [5.74, 6) is 0.596. The van der Waals surface area contributed by atoms with Gasteiger partial charge in [-0.15, -0.1) is 4.40 Å². The van der Waals surface area contributed by atoms with Crippen LogP contribution >= 0.6 is 0 Å². The third kappa shape index (κ3) is 3.73. The summed E-state index contributed by atoms with van der Waals surface area (Å²) in [4.78, 5) is 14.3. The van der Waals surface area contributed by atoms with E-state index in [0.29, 0.717) is 17.3 Å². The van der Waals surface area contributed by atoms with E-state index in [1.807, 2.05) is 24.3 Å². The molecule has 0 saturated heterocycles. The van der Waals surface area contributed by atoms with E-state index >= 15 is 0 Å². The first-order chi connectivity index (χ1) is 13.3. The van der Waals surface area contributed by atoms with Crippen molar-refractivity contribution in [1.82, 2.24) is 9.47 Å². The molecule has 1 aromatic carbocycles. The highest BCUT2D eigenvalue weighted by molar-refractivity contribution is 7.90. The van der Waals surface area contributed by atoms with E-state index in [1.165, 1.54) is 0 Å². The van der Waals surface area contributed by atoms with Gasteiger partial charge in [0, 0.05) is 42.1 Å². The molecule has 3 heterocycles. The number of benzene rings is 1. The molecule has 28 heavy (non-hydrogen) atoms. The van der Waals surface area contributed by atoms with Crippen LogP contribution in [0.15, 0.2) is 58.8 Å². The minimum atomic E-state index is -3.40. The Labute approximate surface area is 164 Å². The smallest absolute Gasteiger partial charge is 0.257 e. The molecule has 2 aromatic rings. The molecule has 0 atom stereocenters. The lowest BCUT2D eigenvalue weighted by molar-refractivity contribution is -0.112. The van der Waals surface area contributed by atoms with Gasteiger partial charge in [0.1, 0.15) is 5.84 Å². The number of rotatable bonds is 4. The Bertz CT molecular complexity index is 1140. The lowest BCUT2D eigenvalue weighted by atomic mass is 10.1. The topological polar surface area (TPSA) is 83.8 Å². The Morgan fingerprint density at radius 1 is 1.25 bits per heavy atom. The molecule has 0 aliphatic carbocycles. The maximum absolute atomic E-state index is 12.6. The zero-order valence-electron chi connectivity index (χ0n) is 15.8. The van der Waals surface area contributed by atoms with Gasteiger partial charge in [0.05, 0.1) is 11.3 Å². The third-order valence-electron chi connectivity index (χ3n) is 4.68. The number of nitrogens with one attached hydrogen (secondary N) is 1. The molecular weight excluding hydrogens is 376 g/mol. The van der Waals surface area contributed by atoms with Gasteiger partial charge in [0.15, 0.2) is 0 Å². The molecule has 7 nitrogen and oxygen atoms in total. The van der Waals surface area contributed by atoms with E-state index in [9.17, 15) is 13.2 Å². The molecule has 0 saturated carbocycles. The van der Waals surface area contributed by atoms with Crippen LogP contribution in [0.4, 0.5) is 5.69 Å². The number of fused-ring (bicyclic) bond motifs is 2. The molecule has 2 aliphatic rings. The number of amidine groups is 1. The molecule has 2 aliphatic heterocycles. The predicted molar refractivity (Wildman–Crippen MR) is 111 cm³/mol. The van der Waals surface area contributed by atoms with Crippen molar-refractivity contribution in [3.63, 3.8) is 0 Å². The fourth-order valence-electron chi connectivity index (χ4n) is 3.37. The van der Waals surface area contributed by atoms with Crippen LogP contribution in [0.3, 0.4) is 0 Å². The monoisotopic (exact) mass is 398 g/mol. The number of amides is 1. The average molecular weight is 398 g/mol. The van der Waals surface area contributed by atoms with Crippen molar-refractivity contribution in [3.05, 3.63) is 54.4 Å². The van der Waals surface area contributed by atoms with E-state index in [4.69, 9.17) is 0 Å². The summed E-state index contributed by atoms with van der Waals surface area (Å²) >= 11 is 0. The Morgan fingerprint density at radius 3 is 2.86 bits per heavy atom. The van der Waals surface area contributed by atoms with Gasteiger partial charge in [-0.25, -0.2) is 8.42 Å². The Kier molecular flexibility index (Phi) is 4.58. The van der Waals surface area contributed by atoms with Crippen LogP contribution in [0.25, 0.3) is 10.9 Å². The van der Waals surface area contributed by atoms with Crippen LogP contribution in [0.1, 0.15) is 13.8 Å². The minimum absolute atomic E-state index is 0.0558. The van der Waals surface area contributed by atoms with Crippen LogP contribution in [0, 0.1) is 5.92 Å². The first-order valence-corrected chi connectivity index (χ1v) is 10.8. The number of hydrogen-bond donors (Lipinski definition) is 1. The Hall–Kier alpha value is -2.87. The van der Waals surface area contributed by atoms with Gasteiger partial charge in [-0.1, -0.05) is 13.8 Å². The Morgan fingerprint density at radius 2 is 2.07 bits per heavy atom. The van der Waals surface area contributed by atoms with E-state index in [1.54, 1.807) is 23.3 Å². The van der Waals surface area contributed by atoms with Crippen molar-refractivity contribution in [3.8, 4) is 0 Å². The van der Waals surface area contributed by atoms with E-state index < -0.39 is 10.0 Å². The number of aromatic nitrogens is 1. The molecule has 0 unspecified atom stereocenters. The van der Waals surface area contributed by atoms with Crippen molar-refractivity contribution >= 4 is 38.4 Å². The average Bonchev–Trinajstić information content (AvgIpc) is 3.02. The highest BCUT2D eigenvalue weighted by Crippen LogP contribution is 2.23. The van der Waals surface area contributed by atoms with Gasteiger partial charge >= 0.3 is 0 Å². The lowest BCUT2D eigenvalue weighted by Gasteiger charge is -2.26. The van der Waals surface area contributed by atoms with Crippen molar-refractivity contribution in [2.45, 2.75) is 20.4 Å². The van der Waals surface area contributed by atoms with E-state index in [2.05, 4.69) is 34.3 Å². The lowest BCUT2D eigenvalue weighted by Crippen LogP contribution is -2.37. The second-order valence-corrected chi connectivity index (χ2v) is 9.19. The van der Waals surface area contributed by atoms with Crippen molar-refractivity contribution in [2.75, 3.05) is 17.6 Å². The Balaban J connectivity index is 1.51. The predicted octanol–water partition coefficient (Wildman–Crippen LogP) is 2.73. The quantitative estimate of drug-likeness (QED) is 0.858. The third-order valence-corrected chi connectivity index (χ3v) is 5.84. The van der Waals surface area contributed by atoms with Crippen molar-refractivity contribution < 1.29 is 13.2 Å². The zero-order valence-corrected chi connectivity index (χ0v) is 16.6. The minimum Gasteiger partial charge on any atom is -0.347 e. The first kappa shape index (κ1) is 18.5. The van der Waals surface area contributed by atoms with Crippen molar-refractivity contribution in [2.24, 2.45) is 10.3 Å². The summed E-state index contributed by atoms with van der Waals surface area (Å²) in [5.41, 5.74) is 2.31. The SMILES string of the molecule is CC(C)Cn1ccc2cc(NC(=O)C3=CN4CCS(=O)(=O)N=C4C=C3)ccc21. The first-order valence-electron chi connectivity index (χ1n) is 9.20. The van der Waals surface area contributed by atoms with Crippen LogP contribution < -0.4 is 5.32 Å². The van der Waals surface area contributed by atoms with Crippen LogP contribution in [-0.2, 0) is 21.4 Å². The number of carbonyl (C=O) groups excluding carboxylic acids is 1. The van der Waals surface area contributed by atoms with Gasteiger partial charge in [0.25, 0.3) is 15.9 Å². The molecule has 8 heteroatoms. The van der Waals surface area contributed by atoms with E-state index in [-0.39, 0.29) is 18.2 Å². The van der Waals surface area contributed by atoms with Gasteiger partial charge in [0.2, 0.25) is 0 Å². The standard InChI is InChI=1S/C20H22N4O3S/c1-14(2)12-23-8-7-15-11-17(4-5-18(15)23)21-20(25)16-3-6-19-22-28(26,27)10-9-24(19)13-16/h3-8,11,13-14H,9-10,12H2,1-2H3,(H,21,25). The number of anilines is 1. The number of sulfonamides is 1. The van der Waals surface area contributed by atoms with Gasteiger partial charge < -0.3 is 14.8 Å². The summed E-state index contributed by atoms with van der Waals surface area (Å²) in [6.07, 6.45) is 6.85. The van der Waals surface area contributed by atoms with Crippen molar-refractivity contribution in [1.29, 1.82) is 0 Å². The number of hydrogen-bond acceptors (Lipinski definition) is 4. The van der Waals surface area contributed by atoms with Gasteiger partial charge in [-0.3, -0.25) is 4.79 Å². The molecule has 0 bridgehead atoms. The van der Waals surface area contributed by atoms with Gasteiger partial charge in [-0.2, -0.15) is 0 Å². The molecule has 0 fully saturated rings. The largest absolute Gasteiger partial charge is 0.347 e. The number of nitrogens with zero attached hydrogens (tertiary/aromatic N) is 3. The summed E-state index contributed by atoms with van der Waals surface area (Å²) in [6, 6.07) is 7.91. The van der Waals surface area contributed by atoms with Gasteiger partial charge in [-0.05, 0) is 42.3 Å². The summed E-state index contributed by atoms with van der Waals surface area (Å²) in [7, 11) is -3.40. The normalized spacial score (nSPS) is 18.0. The molecular formula is C20H22N4O3S. The van der Waals surface area contributed by atoms with Crippen LogP contribution in [0.2, 0.25) is 0 Å². The second kappa shape index (κ2) is 6.94. The second-order valence-electron chi connectivity index (χ2n) is 7.44. The zero-order chi connectivity index (χ0) is 19.9. The molecule has 4 rings (SSSR count). The molecule has 1 amide bonds. The molecule has 146 valence electrons. The molecule has 1 aromatic heterocycles. The molecule has 0 spiro atoms. The highest BCUT2D eigenvalue weighted by Gasteiger charge is 2.25. The highest BCUT2D eigenvalue weighted by atomic mass is 32.2. The molecule has 0 radical (unpaired) electrons. The summed E-state index contributed by atoms with van der Waals surface area (Å²) in [6.45, 7) is 5.60. The fourth-order valence-corrected chi connectivity index (χ4v) is 4.34. The maximum atomic E-state index is 12.6. The summed E-state index contributed by atoms with van der Waals surface area (Å²) in [5, 5.41) is 3.98. The summed E-state index contributed by atoms with van der Waals surface area (Å²) < 4.78 is 29.1. The maximum Gasteiger partial charge on any atom is 0.257 e. The van der Waals surface area contributed by atoms with Crippen LogP contribution in [0.5, 0.6) is 0 Å². The van der Waals surface area contributed by atoms with Crippen LogP contribution in [-0.4, -0.2) is 41.9 Å².